The minimum Gasteiger partial charge on any atom is -0.363 e. The van der Waals surface area contributed by atoms with Gasteiger partial charge in [-0.25, -0.2) is 9.97 Å². The van der Waals surface area contributed by atoms with Crippen molar-refractivity contribution in [3.05, 3.63) is 17.0 Å². The average Bonchev–Trinajstić information content (AvgIpc) is 2.08. The number of hydrogen-bond donors (Lipinski definition) is 1. The van der Waals surface area contributed by atoms with Crippen LogP contribution < -0.4 is 5.32 Å². The molecule has 0 fully saturated rings. The highest BCUT2D eigenvalue weighted by atomic mass is 79.9. The first-order valence-electron chi connectivity index (χ1n) is 4.31. The summed E-state index contributed by atoms with van der Waals surface area (Å²) in [6.07, 6.45) is 3.20. The first-order valence-corrected chi connectivity index (χ1v) is 5.54. The van der Waals surface area contributed by atoms with Crippen molar-refractivity contribution in [1.82, 2.24) is 9.97 Å². The van der Waals surface area contributed by atoms with Gasteiger partial charge in [0, 0.05) is 11.7 Å². The van der Waals surface area contributed by atoms with Gasteiger partial charge in [0.1, 0.15) is 12.1 Å². The second-order valence-electron chi connectivity index (χ2n) is 3.68. The van der Waals surface area contributed by atoms with Crippen LogP contribution in [0.25, 0.3) is 0 Å². The molecule has 1 aromatic heterocycles. The molecule has 0 saturated heterocycles. The second-order valence-corrected chi connectivity index (χ2v) is 5.19. The van der Waals surface area contributed by atoms with Gasteiger partial charge >= 0.3 is 0 Å². The van der Waals surface area contributed by atoms with Crippen LogP contribution in [0.3, 0.4) is 0 Å². The molecule has 0 saturated carbocycles. The number of hydrogen-bond acceptors (Lipinski definition) is 3. The molecule has 0 aromatic carbocycles. The summed E-state index contributed by atoms with van der Waals surface area (Å²) in [5.74, 6) is 0.762. The fourth-order valence-corrected chi connectivity index (χ4v) is 1.18. The molecular weight excluding hydrogens is 265 g/mol. The van der Waals surface area contributed by atoms with E-state index in [1.54, 1.807) is 6.20 Å². The first kappa shape index (κ1) is 11.7. The number of alkyl halides is 1. The molecule has 1 N–H and O–H groups in total. The third kappa shape index (κ3) is 2.82. The van der Waals surface area contributed by atoms with E-state index in [0.717, 1.165) is 10.3 Å². The molecular formula is C9H13BrClN3. The lowest BCUT2D eigenvalue weighted by molar-refractivity contribution is 0.552. The zero-order valence-corrected chi connectivity index (χ0v) is 10.7. The van der Waals surface area contributed by atoms with E-state index >= 15 is 0 Å². The Balaban J connectivity index is 2.84. The van der Waals surface area contributed by atoms with Crippen molar-refractivity contribution in [1.29, 1.82) is 0 Å². The van der Waals surface area contributed by atoms with E-state index in [1.807, 2.05) is 20.8 Å². The van der Waals surface area contributed by atoms with Crippen molar-refractivity contribution in [3.8, 4) is 0 Å². The highest BCUT2D eigenvalue weighted by Crippen LogP contribution is 2.24. The lowest BCUT2D eigenvalue weighted by Gasteiger charge is -2.29. The highest BCUT2D eigenvalue weighted by Gasteiger charge is 2.24. The molecule has 5 heteroatoms. The maximum absolute atomic E-state index is 6.05. The molecule has 0 spiro atoms. The molecule has 1 rings (SSSR count). The van der Waals surface area contributed by atoms with E-state index < -0.39 is 0 Å². The Bertz CT molecular complexity index is 315. The molecule has 1 atom stereocenters. The Morgan fingerprint density at radius 2 is 2.21 bits per heavy atom. The summed E-state index contributed by atoms with van der Waals surface area (Å²) in [6.45, 7) is 6.00. The summed E-state index contributed by atoms with van der Waals surface area (Å²) in [5, 5.41) is 3.26. The van der Waals surface area contributed by atoms with Crippen LogP contribution in [0, 0.1) is 0 Å². The Kier molecular flexibility index (Phi) is 3.72. The topological polar surface area (TPSA) is 37.8 Å². The number of rotatable bonds is 3. The van der Waals surface area contributed by atoms with Crippen LogP contribution >= 0.6 is 27.5 Å². The third-order valence-corrected chi connectivity index (χ3v) is 3.23. The van der Waals surface area contributed by atoms with Crippen LogP contribution in [0.4, 0.5) is 5.82 Å². The number of anilines is 1. The molecule has 0 bridgehead atoms. The summed E-state index contributed by atoms with van der Waals surface area (Å²) in [6, 6.07) is 0. The highest BCUT2D eigenvalue weighted by molar-refractivity contribution is 9.10. The van der Waals surface area contributed by atoms with Crippen LogP contribution in [0.5, 0.6) is 0 Å². The fraction of sp³-hybridized carbons (Fsp3) is 0.556. The lowest BCUT2D eigenvalue weighted by atomic mass is 10.0. The van der Waals surface area contributed by atoms with Crippen LogP contribution in [0.1, 0.15) is 20.8 Å². The van der Waals surface area contributed by atoms with Gasteiger partial charge in [-0.15, -0.1) is 11.6 Å². The summed E-state index contributed by atoms with van der Waals surface area (Å²) in [7, 11) is 0. The zero-order valence-electron chi connectivity index (χ0n) is 8.38. The van der Waals surface area contributed by atoms with Crippen LogP contribution in [-0.4, -0.2) is 20.9 Å². The Morgan fingerprint density at radius 1 is 1.57 bits per heavy atom. The van der Waals surface area contributed by atoms with Gasteiger partial charge in [-0.1, -0.05) is 0 Å². The van der Waals surface area contributed by atoms with Crippen molar-refractivity contribution in [2.24, 2.45) is 0 Å². The number of nitrogens with zero attached hydrogens (tertiary/aromatic N) is 2. The van der Waals surface area contributed by atoms with E-state index in [9.17, 15) is 0 Å². The molecule has 1 heterocycles. The van der Waals surface area contributed by atoms with Crippen molar-refractivity contribution in [3.63, 3.8) is 0 Å². The largest absolute Gasteiger partial charge is 0.363 e. The average molecular weight is 279 g/mol. The third-order valence-electron chi connectivity index (χ3n) is 2.10. The molecule has 0 amide bonds. The minimum absolute atomic E-state index is 0.00404. The van der Waals surface area contributed by atoms with Gasteiger partial charge in [-0.2, -0.15) is 0 Å². The zero-order chi connectivity index (χ0) is 10.8. The second kappa shape index (κ2) is 4.45. The predicted octanol–water partition coefficient (Wildman–Crippen LogP) is 3.06. The minimum atomic E-state index is -0.210. The standard InChI is InChI=1S/C9H13BrClN3/c1-6(11)9(2,3)14-8-7(10)4-12-5-13-8/h4-6H,1-3H3,(H,12,13,14). The van der Waals surface area contributed by atoms with Gasteiger partial charge in [0.25, 0.3) is 0 Å². The van der Waals surface area contributed by atoms with Crippen molar-refractivity contribution in [2.45, 2.75) is 31.7 Å². The molecule has 0 aliphatic rings. The summed E-state index contributed by atoms with van der Waals surface area (Å²) >= 11 is 9.42. The molecule has 0 aliphatic heterocycles. The van der Waals surface area contributed by atoms with Gasteiger partial charge in [0.2, 0.25) is 0 Å². The van der Waals surface area contributed by atoms with E-state index in [-0.39, 0.29) is 10.9 Å². The molecule has 1 aromatic rings. The van der Waals surface area contributed by atoms with E-state index in [0.29, 0.717) is 0 Å². The summed E-state index contributed by atoms with van der Waals surface area (Å²) in [5.41, 5.74) is -0.210. The molecule has 0 radical (unpaired) electrons. The Morgan fingerprint density at radius 3 is 2.71 bits per heavy atom. The first-order chi connectivity index (χ1) is 6.43. The van der Waals surface area contributed by atoms with E-state index in [4.69, 9.17) is 11.6 Å². The molecule has 78 valence electrons. The fourth-order valence-electron chi connectivity index (χ4n) is 0.809. The number of aromatic nitrogens is 2. The van der Waals surface area contributed by atoms with Gasteiger partial charge in [-0.05, 0) is 36.7 Å². The molecule has 3 nitrogen and oxygen atoms in total. The van der Waals surface area contributed by atoms with Gasteiger partial charge in [-0.3, -0.25) is 0 Å². The van der Waals surface area contributed by atoms with Crippen molar-refractivity contribution in [2.75, 3.05) is 5.32 Å². The number of halogens is 2. The molecule has 1 unspecified atom stereocenters. The van der Waals surface area contributed by atoms with Crippen LogP contribution in [0.2, 0.25) is 0 Å². The van der Waals surface area contributed by atoms with Crippen molar-refractivity contribution >= 4 is 33.3 Å². The maximum Gasteiger partial charge on any atom is 0.144 e. The lowest BCUT2D eigenvalue weighted by Crippen LogP contribution is -2.39. The maximum atomic E-state index is 6.05. The van der Waals surface area contributed by atoms with E-state index in [1.165, 1.54) is 6.33 Å². The smallest absolute Gasteiger partial charge is 0.144 e. The van der Waals surface area contributed by atoms with E-state index in [2.05, 4.69) is 31.2 Å². The van der Waals surface area contributed by atoms with Crippen LogP contribution in [0.15, 0.2) is 17.0 Å². The summed E-state index contributed by atoms with van der Waals surface area (Å²) in [4.78, 5) is 8.01. The number of nitrogens with one attached hydrogen (secondary N) is 1. The monoisotopic (exact) mass is 277 g/mol. The van der Waals surface area contributed by atoms with Crippen molar-refractivity contribution < 1.29 is 0 Å². The van der Waals surface area contributed by atoms with Gasteiger partial charge < -0.3 is 5.32 Å². The summed E-state index contributed by atoms with van der Waals surface area (Å²) < 4.78 is 0.838. The normalized spacial score (nSPS) is 13.8. The molecule has 14 heavy (non-hydrogen) atoms. The molecule has 0 aliphatic carbocycles. The van der Waals surface area contributed by atoms with Gasteiger partial charge in [0.05, 0.1) is 9.85 Å². The predicted molar refractivity (Wildman–Crippen MR) is 62.7 cm³/mol. The Labute approximate surface area is 97.4 Å². The SMILES string of the molecule is CC(Cl)C(C)(C)Nc1ncncc1Br. The Hall–Kier alpha value is -0.350. The van der Waals surface area contributed by atoms with Gasteiger partial charge in [0.15, 0.2) is 0 Å². The quantitative estimate of drug-likeness (QED) is 0.864. The van der Waals surface area contributed by atoms with Crippen LogP contribution in [-0.2, 0) is 0 Å².